The first-order valence-electron chi connectivity index (χ1n) is 12.9. The number of ether oxygens (including phenoxy) is 3. The zero-order valence-corrected chi connectivity index (χ0v) is 20.7. The van der Waals surface area contributed by atoms with E-state index in [-0.39, 0.29) is 12.6 Å². The molecule has 0 atom stereocenters. The molecule has 5 heteroatoms. The van der Waals surface area contributed by atoms with E-state index < -0.39 is 0 Å². The molecule has 186 valence electrons. The average Bonchev–Trinajstić information content (AvgIpc) is 2.84. The van der Waals surface area contributed by atoms with Crippen molar-refractivity contribution in [2.45, 2.75) is 84.0 Å². The van der Waals surface area contributed by atoms with Gasteiger partial charge in [0.1, 0.15) is 0 Å². The molecule has 0 aliphatic heterocycles. The summed E-state index contributed by atoms with van der Waals surface area (Å²) < 4.78 is 16.9. The van der Waals surface area contributed by atoms with Crippen molar-refractivity contribution in [3.8, 4) is 11.5 Å². The fourth-order valence-electron chi connectivity index (χ4n) is 4.44. The van der Waals surface area contributed by atoms with Gasteiger partial charge in [-0.25, -0.2) is 4.79 Å². The number of benzene rings is 1. The van der Waals surface area contributed by atoms with Crippen molar-refractivity contribution in [2.75, 3.05) is 26.9 Å². The maximum absolute atomic E-state index is 11.9. The number of carbonyl (C=O) groups is 1. The molecule has 0 aromatic heterocycles. The van der Waals surface area contributed by atoms with Gasteiger partial charge in [0, 0.05) is 12.7 Å². The Hall–Kier alpha value is -2.01. The summed E-state index contributed by atoms with van der Waals surface area (Å²) in [4.78, 5) is 11.9. The van der Waals surface area contributed by atoms with E-state index in [2.05, 4.69) is 6.92 Å². The summed E-state index contributed by atoms with van der Waals surface area (Å²) in [6.45, 7) is 3.63. The molecule has 0 radical (unpaired) electrons. The first kappa shape index (κ1) is 27.2. The van der Waals surface area contributed by atoms with Gasteiger partial charge in [-0.15, -0.1) is 0 Å². The molecule has 1 aromatic carbocycles. The molecule has 0 amide bonds. The van der Waals surface area contributed by atoms with Crippen LogP contribution in [-0.4, -0.2) is 38.0 Å². The van der Waals surface area contributed by atoms with Crippen LogP contribution in [0.4, 0.5) is 0 Å². The van der Waals surface area contributed by atoms with Crippen LogP contribution in [0.2, 0.25) is 0 Å². The Labute approximate surface area is 200 Å². The number of esters is 1. The minimum Gasteiger partial charge on any atom is -0.493 e. The van der Waals surface area contributed by atoms with Gasteiger partial charge in [0.25, 0.3) is 0 Å². The second-order valence-electron chi connectivity index (χ2n) is 9.24. The number of aliphatic hydroxyl groups excluding tert-OH is 1. The topological polar surface area (TPSA) is 65.0 Å². The summed E-state index contributed by atoms with van der Waals surface area (Å²) in [5, 5.41) is 8.76. The van der Waals surface area contributed by atoms with Crippen molar-refractivity contribution in [3.05, 3.63) is 29.8 Å². The highest BCUT2D eigenvalue weighted by molar-refractivity contribution is 5.87. The van der Waals surface area contributed by atoms with E-state index in [4.69, 9.17) is 19.3 Å². The van der Waals surface area contributed by atoms with Gasteiger partial charge in [0.2, 0.25) is 0 Å². The molecule has 1 aliphatic rings. The van der Waals surface area contributed by atoms with Crippen LogP contribution in [0.5, 0.6) is 11.5 Å². The van der Waals surface area contributed by atoms with E-state index in [9.17, 15) is 4.79 Å². The van der Waals surface area contributed by atoms with Gasteiger partial charge in [-0.1, -0.05) is 57.9 Å². The van der Waals surface area contributed by atoms with Crippen molar-refractivity contribution in [2.24, 2.45) is 11.8 Å². The summed E-state index contributed by atoms with van der Waals surface area (Å²) >= 11 is 0. The van der Waals surface area contributed by atoms with Gasteiger partial charge in [0.05, 0.1) is 20.3 Å². The molecule has 1 fully saturated rings. The second kappa shape index (κ2) is 16.6. The molecule has 1 aliphatic carbocycles. The molecular formula is C28H44O5. The van der Waals surface area contributed by atoms with E-state index in [1.807, 2.05) is 18.2 Å². The average molecular weight is 461 g/mol. The molecule has 0 saturated heterocycles. The smallest absolute Gasteiger partial charge is 0.330 e. The Balaban J connectivity index is 1.73. The molecule has 33 heavy (non-hydrogen) atoms. The van der Waals surface area contributed by atoms with E-state index in [1.165, 1.54) is 57.4 Å². The molecule has 0 bridgehead atoms. The van der Waals surface area contributed by atoms with Gasteiger partial charge < -0.3 is 19.3 Å². The third-order valence-corrected chi connectivity index (χ3v) is 6.55. The summed E-state index contributed by atoms with van der Waals surface area (Å²) in [7, 11) is 1.64. The van der Waals surface area contributed by atoms with E-state index >= 15 is 0 Å². The van der Waals surface area contributed by atoms with Gasteiger partial charge >= 0.3 is 5.97 Å². The highest BCUT2D eigenvalue weighted by atomic mass is 16.5. The van der Waals surface area contributed by atoms with Crippen LogP contribution in [0.25, 0.3) is 6.08 Å². The molecule has 1 saturated carbocycles. The first-order chi connectivity index (χ1) is 16.2. The summed E-state index contributed by atoms with van der Waals surface area (Å²) in [6.07, 6.45) is 17.3. The van der Waals surface area contributed by atoms with Crippen LogP contribution in [-0.2, 0) is 9.53 Å². The van der Waals surface area contributed by atoms with Crippen molar-refractivity contribution >= 4 is 12.0 Å². The first-order valence-corrected chi connectivity index (χ1v) is 12.9. The quantitative estimate of drug-likeness (QED) is 0.172. The fraction of sp³-hybridized carbons (Fsp3) is 0.679. The van der Waals surface area contributed by atoms with E-state index in [1.54, 1.807) is 13.2 Å². The number of hydrogen-bond donors (Lipinski definition) is 1. The zero-order chi connectivity index (χ0) is 23.7. The molecule has 0 unspecified atom stereocenters. The van der Waals surface area contributed by atoms with Crippen LogP contribution in [0.3, 0.4) is 0 Å². The molecule has 0 heterocycles. The minimum absolute atomic E-state index is 0.218. The maximum atomic E-state index is 11.9. The highest BCUT2D eigenvalue weighted by Crippen LogP contribution is 2.34. The third kappa shape index (κ3) is 11.1. The lowest BCUT2D eigenvalue weighted by Crippen LogP contribution is -2.20. The van der Waals surface area contributed by atoms with Crippen molar-refractivity contribution in [3.63, 3.8) is 0 Å². The van der Waals surface area contributed by atoms with Crippen molar-refractivity contribution in [1.82, 2.24) is 0 Å². The van der Waals surface area contributed by atoms with Crippen LogP contribution in [0.15, 0.2) is 24.3 Å². The SMILES string of the molecule is CCCCCC1CCC(COc2ccc(C=CC(=O)OCCCCCCO)cc2OC)CC1. The van der Waals surface area contributed by atoms with Crippen LogP contribution >= 0.6 is 0 Å². The highest BCUT2D eigenvalue weighted by Gasteiger charge is 2.21. The molecular weight excluding hydrogens is 416 g/mol. The fourth-order valence-corrected chi connectivity index (χ4v) is 4.44. The molecule has 1 aromatic rings. The summed E-state index contributed by atoms with van der Waals surface area (Å²) in [5.41, 5.74) is 0.867. The van der Waals surface area contributed by atoms with Gasteiger partial charge in [-0.2, -0.15) is 0 Å². The number of hydrogen-bond acceptors (Lipinski definition) is 5. The van der Waals surface area contributed by atoms with Gasteiger partial charge in [-0.3, -0.25) is 0 Å². The maximum Gasteiger partial charge on any atom is 0.330 e. The van der Waals surface area contributed by atoms with Crippen LogP contribution in [0, 0.1) is 11.8 Å². The van der Waals surface area contributed by atoms with E-state index in [0.29, 0.717) is 18.3 Å². The largest absolute Gasteiger partial charge is 0.493 e. The Morgan fingerprint density at radius 3 is 2.48 bits per heavy atom. The number of methoxy groups -OCH3 is 1. The Morgan fingerprint density at radius 2 is 1.76 bits per heavy atom. The number of carbonyl (C=O) groups excluding carboxylic acids is 1. The lowest BCUT2D eigenvalue weighted by atomic mass is 9.80. The zero-order valence-electron chi connectivity index (χ0n) is 20.7. The number of rotatable bonds is 16. The molecule has 5 nitrogen and oxygen atoms in total. The Kier molecular flexibility index (Phi) is 13.7. The molecule has 1 N–H and O–H groups in total. The number of unbranched alkanes of at least 4 members (excludes halogenated alkanes) is 5. The number of aliphatic hydroxyl groups is 1. The molecule has 0 spiro atoms. The normalized spacial score (nSPS) is 18.4. The monoisotopic (exact) mass is 460 g/mol. The standard InChI is InChI=1S/C28H44O5/c1-3-4-7-10-23-11-13-25(14-12-23)22-33-26-17-15-24(21-27(26)31-2)16-18-28(30)32-20-9-6-5-8-19-29/h15-18,21,23,25,29H,3-14,19-20,22H2,1-2H3. The van der Waals surface area contributed by atoms with Crippen molar-refractivity contribution in [1.29, 1.82) is 0 Å². The van der Waals surface area contributed by atoms with Crippen LogP contribution in [0.1, 0.15) is 89.5 Å². The second-order valence-corrected chi connectivity index (χ2v) is 9.24. The lowest BCUT2D eigenvalue weighted by Gasteiger charge is -2.28. The summed E-state index contributed by atoms with van der Waals surface area (Å²) in [6, 6.07) is 5.74. The minimum atomic E-state index is -0.346. The van der Waals surface area contributed by atoms with Gasteiger partial charge in [0.15, 0.2) is 11.5 Å². The predicted molar refractivity (Wildman–Crippen MR) is 134 cm³/mol. The Bertz CT molecular complexity index is 692. The molecule has 2 rings (SSSR count). The van der Waals surface area contributed by atoms with Crippen molar-refractivity contribution < 1.29 is 24.1 Å². The lowest BCUT2D eigenvalue weighted by molar-refractivity contribution is -0.137. The van der Waals surface area contributed by atoms with Crippen LogP contribution < -0.4 is 9.47 Å². The van der Waals surface area contributed by atoms with E-state index in [0.717, 1.165) is 49.5 Å². The Morgan fingerprint density at radius 1 is 1.00 bits per heavy atom. The predicted octanol–water partition coefficient (Wildman–Crippen LogP) is 6.57. The summed E-state index contributed by atoms with van der Waals surface area (Å²) in [5.74, 6) is 2.62. The van der Waals surface area contributed by atoms with Gasteiger partial charge in [-0.05, 0) is 67.7 Å². The third-order valence-electron chi connectivity index (χ3n) is 6.55.